The van der Waals surface area contributed by atoms with E-state index in [4.69, 9.17) is 10.5 Å². The third-order valence-electron chi connectivity index (χ3n) is 3.59. The summed E-state index contributed by atoms with van der Waals surface area (Å²) in [6, 6.07) is 12.5. The van der Waals surface area contributed by atoms with Crippen molar-refractivity contribution in [2.45, 2.75) is 33.7 Å². The van der Waals surface area contributed by atoms with E-state index in [0.29, 0.717) is 6.61 Å². The van der Waals surface area contributed by atoms with Crippen LogP contribution in [0.2, 0.25) is 0 Å². The molecule has 2 N–H and O–H groups in total. The second-order valence-corrected chi connectivity index (χ2v) is 5.55. The van der Waals surface area contributed by atoms with Crippen molar-refractivity contribution in [3.8, 4) is 5.75 Å². The quantitative estimate of drug-likeness (QED) is 0.910. The van der Waals surface area contributed by atoms with E-state index in [1.54, 1.807) is 0 Å². The molecule has 0 saturated carbocycles. The molecule has 2 aromatic carbocycles. The van der Waals surface area contributed by atoms with Crippen LogP contribution in [-0.4, -0.2) is 6.61 Å². The number of hydrogen-bond donors (Lipinski definition) is 1. The summed E-state index contributed by atoms with van der Waals surface area (Å²) in [6.07, 6.45) is 0. The molecule has 0 fully saturated rings. The molecule has 2 heteroatoms. The molecule has 1 atom stereocenters. The molecule has 0 radical (unpaired) electrons. The topological polar surface area (TPSA) is 35.2 Å². The Morgan fingerprint density at radius 3 is 2.25 bits per heavy atom. The average Bonchev–Trinajstić information content (AvgIpc) is 2.39. The van der Waals surface area contributed by atoms with E-state index in [-0.39, 0.29) is 6.04 Å². The van der Waals surface area contributed by atoms with Crippen LogP contribution < -0.4 is 10.5 Å². The molecule has 0 spiro atoms. The minimum Gasteiger partial charge on any atom is -0.491 e. The number of hydrogen-bond acceptors (Lipinski definition) is 2. The van der Waals surface area contributed by atoms with Gasteiger partial charge >= 0.3 is 0 Å². The molecule has 106 valence electrons. The maximum absolute atomic E-state index is 6.26. The van der Waals surface area contributed by atoms with E-state index in [9.17, 15) is 0 Å². The maximum Gasteiger partial charge on any atom is 0.122 e. The minimum absolute atomic E-state index is 0.101. The lowest BCUT2D eigenvalue weighted by Gasteiger charge is -2.17. The monoisotopic (exact) mass is 269 g/mol. The third kappa shape index (κ3) is 3.40. The molecule has 0 aliphatic heterocycles. The van der Waals surface area contributed by atoms with Gasteiger partial charge in [0.2, 0.25) is 0 Å². The zero-order valence-corrected chi connectivity index (χ0v) is 12.7. The van der Waals surface area contributed by atoms with Crippen molar-refractivity contribution in [3.05, 3.63) is 64.2 Å². The lowest BCUT2D eigenvalue weighted by atomic mass is 10.0. The van der Waals surface area contributed by atoms with Crippen molar-refractivity contribution >= 4 is 0 Å². The number of aryl methyl sites for hydroxylation is 4. The van der Waals surface area contributed by atoms with Crippen LogP contribution in [0.15, 0.2) is 36.4 Å². The van der Waals surface area contributed by atoms with Gasteiger partial charge in [-0.25, -0.2) is 0 Å². The predicted octanol–water partition coefficient (Wildman–Crippen LogP) is 4.00. The SMILES string of the molecule is Cc1ccc(C(N)COc2cc(C)ccc2C)c(C)c1. The van der Waals surface area contributed by atoms with Gasteiger partial charge < -0.3 is 10.5 Å². The summed E-state index contributed by atoms with van der Waals surface area (Å²) < 4.78 is 5.89. The fourth-order valence-corrected chi connectivity index (χ4v) is 2.37. The van der Waals surface area contributed by atoms with Crippen LogP contribution in [-0.2, 0) is 0 Å². The van der Waals surface area contributed by atoms with Crippen molar-refractivity contribution in [3.63, 3.8) is 0 Å². The van der Waals surface area contributed by atoms with Crippen LogP contribution in [0.1, 0.15) is 33.9 Å². The first-order valence-electron chi connectivity index (χ1n) is 7.00. The van der Waals surface area contributed by atoms with Gasteiger partial charge in [-0.1, -0.05) is 35.9 Å². The van der Waals surface area contributed by atoms with Crippen LogP contribution in [0.3, 0.4) is 0 Å². The Hall–Kier alpha value is -1.80. The molecule has 20 heavy (non-hydrogen) atoms. The van der Waals surface area contributed by atoms with E-state index in [2.05, 4.69) is 64.1 Å². The summed E-state index contributed by atoms with van der Waals surface area (Å²) in [5.74, 6) is 0.921. The van der Waals surface area contributed by atoms with Gasteiger partial charge in [0, 0.05) is 0 Å². The highest BCUT2D eigenvalue weighted by atomic mass is 16.5. The van der Waals surface area contributed by atoms with Gasteiger partial charge in [-0.2, -0.15) is 0 Å². The Bertz CT molecular complexity index is 604. The predicted molar refractivity (Wildman–Crippen MR) is 84.3 cm³/mol. The van der Waals surface area contributed by atoms with Crippen molar-refractivity contribution in [2.75, 3.05) is 6.61 Å². The van der Waals surface area contributed by atoms with Crippen molar-refractivity contribution < 1.29 is 4.74 Å². The highest BCUT2D eigenvalue weighted by Gasteiger charge is 2.10. The van der Waals surface area contributed by atoms with Crippen LogP contribution in [0.25, 0.3) is 0 Å². The fraction of sp³-hybridized carbons (Fsp3) is 0.333. The van der Waals surface area contributed by atoms with E-state index in [1.165, 1.54) is 16.7 Å². The van der Waals surface area contributed by atoms with Gasteiger partial charge in [-0.05, 0) is 56.0 Å². The third-order valence-corrected chi connectivity index (χ3v) is 3.59. The molecule has 1 unspecified atom stereocenters. The molecule has 0 aliphatic rings. The van der Waals surface area contributed by atoms with Gasteiger partial charge in [0.05, 0.1) is 6.04 Å². The second-order valence-electron chi connectivity index (χ2n) is 5.55. The van der Waals surface area contributed by atoms with Crippen molar-refractivity contribution in [2.24, 2.45) is 5.73 Å². The first kappa shape index (κ1) is 14.6. The summed E-state index contributed by atoms with van der Waals surface area (Å²) >= 11 is 0. The maximum atomic E-state index is 6.26. The summed E-state index contributed by atoms with van der Waals surface area (Å²) in [5, 5.41) is 0. The van der Waals surface area contributed by atoms with Gasteiger partial charge in [-0.3, -0.25) is 0 Å². The molecule has 0 saturated heterocycles. The fourth-order valence-electron chi connectivity index (χ4n) is 2.37. The highest BCUT2D eigenvalue weighted by Crippen LogP contribution is 2.22. The Labute approximate surface area is 121 Å². The molecule has 2 aromatic rings. The van der Waals surface area contributed by atoms with E-state index < -0.39 is 0 Å². The number of nitrogens with two attached hydrogens (primary N) is 1. The number of rotatable bonds is 4. The van der Waals surface area contributed by atoms with E-state index >= 15 is 0 Å². The molecule has 0 aromatic heterocycles. The van der Waals surface area contributed by atoms with Gasteiger partial charge in [0.25, 0.3) is 0 Å². The molecule has 0 aliphatic carbocycles. The van der Waals surface area contributed by atoms with Gasteiger partial charge in [0.1, 0.15) is 12.4 Å². The highest BCUT2D eigenvalue weighted by molar-refractivity contribution is 5.36. The van der Waals surface area contributed by atoms with Crippen molar-refractivity contribution in [1.82, 2.24) is 0 Å². The van der Waals surface area contributed by atoms with Crippen molar-refractivity contribution in [1.29, 1.82) is 0 Å². The van der Waals surface area contributed by atoms with Crippen LogP contribution >= 0.6 is 0 Å². The Balaban J connectivity index is 2.08. The molecule has 2 nitrogen and oxygen atoms in total. The normalized spacial score (nSPS) is 12.2. The molecule has 2 rings (SSSR count). The zero-order valence-electron chi connectivity index (χ0n) is 12.7. The first-order valence-corrected chi connectivity index (χ1v) is 7.00. The molecular formula is C18H23NO. The van der Waals surface area contributed by atoms with Crippen LogP contribution in [0, 0.1) is 27.7 Å². The lowest BCUT2D eigenvalue weighted by molar-refractivity contribution is 0.288. The van der Waals surface area contributed by atoms with E-state index in [0.717, 1.165) is 16.9 Å². The summed E-state index contributed by atoms with van der Waals surface area (Å²) in [5.41, 5.74) is 12.2. The Morgan fingerprint density at radius 1 is 0.900 bits per heavy atom. The smallest absolute Gasteiger partial charge is 0.122 e. The van der Waals surface area contributed by atoms with Crippen LogP contribution in [0.4, 0.5) is 0 Å². The molecule has 0 amide bonds. The Kier molecular flexibility index (Phi) is 4.46. The summed E-state index contributed by atoms with van der Waals surface area (Å²) in [4.78, 5) is 0. The number of ether oxygens (including phenoxy) is 1. The molecule has 0 heterocycles. The largest absolute Gasteiger partial charge is 0.491 e. The second kappa shape index (κ2) is 6.10. The molecule has 0 bridgehead atoms. The van der Waals surface area contributed by atoms with Crippen LogP contribution in [0.5, 0.6) is 5.75 Å². The van der Waals surface area contributed by atoms with Gasteiger partial charge in [-0.15, -0.1) is 0 Å². The van der Waals surface area contributed by atoms with E-state index in [1.807, 2.05) is 0 Å². The lowest BCUT2D eigenvalue weighted by Crippen LogP contribution is -2.20. The summed E-state index contributed by atoms with van der Waals surface area (Å²) in [7, 11) is 0. The average molecular weight is 269 g/mol. The zero-order chi connectivity index (χ0) is 14.7. The van der Waals surface area contributed by atoms with Gasteiger partial charge in [0.15, 0.2) is 0 Å². The first-order chi connectivity index (χ1) is 9.47. The minimum atomic E-state index is -0.101. The summed E-state index contributed by atoms with van der Waals surface area (Å²) in [6.45, 7) is 8.80. The Morgan fingerprint density at radius 2 is 1.55 bits per heavy atom. The number of benzene rings is 2. The standard InChI is InChI=1S/C18H23NO/c1-12-6-8-16(15(4)9-12)17(19)11-20-18-10-13(2)5-7-14(18)3/h5-10,17H,11,19H2,1-4H3. The molecular weight excluding hydrogens is 246 g/mol.